The highest BCUT2D eigenvalue weighted by Crippen LogP contribution is 2.64. The second kappa shape index (κ2) is 6.02. The number of hydrogen-bond acceptors (Lipinski definition) is 4. The van der Waals surface area contributed by atoms with E-state index in [0.29, 0.717) is 23.6 Å². The third kappa shape index (κ3) is 2.99. The third-order valence-electron chi connectivity index (χ3n) is 4.01. The molecule has 1 heterocycles. The topological polar surface area (TPSA) is 55.4 Å². The van der Waals surface area contributed by atoms with Gasteiger partial charge >= 0.3 is 5.97 Å². The molecule has 0 radical (unpaired) electrons. The lowest BCUT2D eigenvalue weighted by atomic mass is 10.1. The minimum Gasteiger partial charge on any atom is -0.462 e. The molecular formula is C15H19Cl2NO3S. The normalized spacial score (nSPS) is 22.3. The Morgan fingerprint density at radius 2 is 1.95 bits per heavy atom. The number of carbonyl (C=O) groups is 2. The number of aryl methyl sites for hydroxylation is 1. The van der Waals surface area contributed by atoms with Crippen molar-refractivity contribution in [3.05, 3.63) is 16.0 Å². The van der Waals surface area contributed by atoms with E-state index in [-0.39, 0.29) is 5.91 Å². The molecule has 1 saturated carbocycles. The molecule has 1 aromatic rings. The van der Waals surface area contributed by atoms with Gasteiger partial charge in [-0.1, -0.05) is 6.92 Å². The summed E-state index contributed by atoms with van der Waals surface area (Å²) in [5, 5.41) is 3.30. The van der Waals surface area contributed by atoms with Crippen molar-refractivity contribution in [2.75, 3.05) is 11.9 Å². The van der Waals surface area contributed by atoms with Crippen LogP contribution in [0.5, 0.6) is 0 Å². The molecular weight excluding hydrogens is 345 g/mol. The minimum atomic E-state index is -1.04. The summed E-state index contributed by atoms with van der Waals surface area (Å²) in [6.45, 7) is 7.74. The number of hydrogen-bond donors (Lipinski definition) is 1. The number of alkyl halides is 2. The lowest BCUT2D eigenvalue weighted by Gasteiger charge is -2.13. The first kappa shape index (κ1) is 17.6. The lowest BCUT2D eigenvalue weighted by Crippen LogP contribution is -2.26. The van der Waals surface area contributed by atoms with E-state index in [4.69, 9.17) is 27.9 Å². The molecule has 0 bridgehead atoms. The van der Waals surface area contributed by atoms with Gasteiger partial charge in [0, 0.05) is 4.88 Å². The zero-order valence-electron chi connectivity index (χ0n) is 13.0. The molecule has 7 heteroatoms. The fraction of sp³-hybridized carbons (Fsp3) is 0.600. The van der Waals surface area contributed by atoms with Gasteiger partial charge in [-0.3, -0.25) is 4.79 Å². The summed E-state index contributed by atoms with van der Waals surface area (Å²) in [7, 11) is 0. The first-order valence-corrected chi connectivity index (χ1v) is 8.67. The predicted molar refractivity (Wildman–Crippen MR) is 90.2 cm³/mol. The van der Waals surface area contributed by atoms with Crippen molar-refractivity contribution >= 4 is 51.4 Å². The molecule has 1 fully saturated rings. The SMILES string of the molecule is CCCOC(=O)c1c(NC(=O)[C@]2(C)CC2(Cl)Cl)sc(C)c1C. The molecule has 1 aromatic heterocycles. The highest BCUT2D eigenvalue weighted by molar-refractivity contribution is 7.16. The van der Waals surface area contributed by atoms with Crippen molar-refractivity contribution in [1.29, 1.82) is 0 Å². The summed E-state index contributed by atoms with van der Waals surface area (Å²) in [4.78, 5) is 25.6. The maximum Gasteiger partial charge on any atom is 0.341 e. The van der Waals surface area contributed by atoms with Gasteiger partial charge < -0.3 is 10.1 Å². The summed E-state index contributed by atoms with van der Waals surface area (Å²) in [5.74, 6) is -0.689. The zero-order chi connectivity index (χ0) is 16.7. The van der Waals surface area contributed by atoms with Crippen LogP contribution in [-0.4, -0.2) is 22.8 Å². The molecule has 2 rings (SSSR count). The number of amides is 1. The molecule has 1 atom stereocenters. The van der Waals surface area contributed by atoms with E-state index in [1.807, 2.05) is 20.8 Å². The van der Waals surface area contributed by atoms with E-state index in [2.05, 4.69) is 5.32 Å². The van der Waals surface area contributed by atoms with E-state index in [1.54, 1.807) is 6.92 Å². The van der Waals surface area contributed by atoms with Crippen LogP contribution >= 0.6 is 34.5 Å². The van der Waals surface area contributed by atoms with Crippen LogP contribution < -0.4 is 5.32 Å². The van der Waals surface area contributed by atoms with Crippen molar-refractivity contribution < 1.29 is 14.3 Å². The Morgan fingerprint density at radius 1 is 1.36 bits per heavy atom. The second-order valence-electron chi connectivity index (χ2n) is 5.79. The number of thiophene rings is 1. The van der Waals surface area contributed by atoms with E-state index >= 15 is 0 Å². The molecule has 0 saturated heterocycles. The number of carbonyl (C=O) groups excluding carboxylic acids is 2. The monoisotopic (exact) mass is 363 g/mol. The summed E-state index contributed by atoms with van der Waals surface area (Å²) in [6.07, 6.45) is 1.14. The highest BCUT2D eigenvalue weighted by Gasteiger charge is 2.68. The van der Waals surface area contributed by atoms with Gasteiger partial charge in [0.15, 0.2) is 0 Å². The maximum atomic E-state index is 12.4. The summed E-state index contributed by atoms with van der Waals surface area (Å²) < 4.78 is 4.16. The predicted octanol–water partition coefficient (Wildman–Crippen LogP) is 4.45. The van der Waals surface area contributed by atoms with Crippen LogP contribution in [0.15, 0.2) is 0 Å². The molecule has 4 nitrogen and oxygen atoms in total. The van der Waals surface area contributed by atoms with Crippen molar-refractivity contribution in [2.24, 2.45) is 5.41 Å². The summed E-state index contributed by atoms with van der Waals surface area (Å²) in [6, 6.07) is 0. The molecule has 122 valence electrons. The second-order valence-corrected chi connectivity index (χ2v) is 8.50. The van der Waals surface area contributed by atoms with Gasteiger partial charge in [0.25, 0.3) is 0 Å². The number of ether oxygens (including phenoxy) is 1. The van der Waals surface area contributed by atoms with Crippen LogP contribution in [0.1, 0.15) is 47.5 Å². The number of halogens is 2. The number of nitrogens with one attached hydrogen (secondary N) is 1. The van der Waals surface area contributed by atoms with Gasteiger partial charge in [0.1, 0.15) is 9.33 Å². The van der Waals surface area contributed by atoms with Crippen molar-refractivity contribution in [3.63, 3.8) is 0 Å². The van der Waals surface area contributed by atoms with Crippen molar-refractivity contribution in [3.8, 4) is 0 Å². The smallest absolute Gasteiger partial charge is 0.341 e. The molecule has 0 unspecified atom stereocenters. The van der Waals surface area contributed by atoms with E-state index < -0.39 is 15.7 Å². The number of rotatable bonds is 5. The summed E-state index contributed by atoms with van der Waals surface area (Å²) in [5.41, 5.74) is 0.417. The first-order valence-electron chi connectivity index (χ1n) is 7.10. The van der Waals surface area contributed by atoms with Crippen LogP contribution in [0.3, 0.4) is 0 Å². The number of esters is 1. The Morgan fingerprint density at radius 3 is 2.45 bits per heavy atom. The Bertz CT molecular complexity index is 627. The van der Waals surface area contributed by atoms with Gasteiger partial charge in [0.2, 0.25) is 5.91 Å². The highest BCUT2D eigenvalue weighted by atomic mass is 35.5. The molecule has 0 aromatic carbocycles. The van der Waals surface area contributed by atoms with Gasteiger partial charge in [-0.2, -0.15) is 0 Å². The zero-order valence-corrected chi connectivity index (χ0v) is 15.3. The lowest BCUT2D eigenvalue weighted by molar-refractivity contribution is -0.120. The molecule has 22 heavy (non-hydrogen) atoms. The Balaban J connectivity index is 2.23. The van der Waals surface area contributed by atoms with Crippen molar-refractivity contribution in [2.45, 2.75) is 44.9 Å². The van der Waals surface area contributed by atoms with Crippen LogP contribution in [0.2, 0.25) is 0 Å². The van der Waals surface area contributed by atoms with Crippen LogP contribution in [0, 0.1) is 19.3 Å². The van der Waals surface area contributed by atoms with Gasteiger partial charge in [-0.25, -0.2) is 4.79 Å². The summed E-state index contributed by atoms with van der Waals surface area (Å²) >= 11 is 13.4. The molecule has 1 aliphatic carbocycles. The fourth-order valence-electron chi connectivity index (χ4n) is 2.12. The van der Waals surface area contributed by atoms with Crippen LogP contribution in [0.4, 0.5) is 5.00 Å². The van der Waals surface area contributed by atoms with Crippen LogP contribution in [0.25, 0.3) is 0 Å². The van der Waals surface area contributed by atoms with E-state index in [1.165, 1.54) is 11.3 Å². The Hall–Kier alpha value is -0.780. The molecule has 1 N–H and O–H groups in total. The molecule has 0 aliphatic heterocycles. The average molecular weight is 364 g/mol. The Labute approximate surface area is 144 Å². The average Bonchev–Trinajstić information content (AvgIpc) is 2.82. The Kier molecular flexibility index (Phi) is 4.81. The molecule has 0 spiro atoms. The van der Waals surface area contributed by atoms with E-state index in [9.17, 15) is 9.59 Å². The first-order chi connectivity index (χ1) is 10.1. The largest absolute Gasteiger partial charge is 0.462 e. The standard InChI is InChI=1S/C15H19Cl2NO3S/c1-5-6-21-12(19)10-8(2)9(3)22-11(10)18-13(20)14(4)7-15(14,16)17/h5-7H2,1-4H3,(H,18,20)/t14-/m0/s1. The van der Waals surface area contributed by atoms with Gasteiger partial charge in [-0.15, -0.1) is 34.5 Å². The fourth-order valence-corrected chi connectivity index (χ4v) is 3.86. The number of anilines is 1. The molecule has 1 aliphatic rings. The van der Waals surface area contributed by atoms with Crippen molar-refractivity contribution in [1.82, 2.24) is 0 Å². The van der Waals surface area contributed by atoms with Gasteiger partial charge in [0.05, 0.1) is 17.6 Å². The maximum absolute atomic E-state index is 12.4. The third-order valence-corrected chi connectivity index (χ3v) is 6.24. The minimum absolute atomic E-state index is 0.275. The van der Waals surface area contributed by atoms with Gasteiger partial charge in [-0.05, 0) is 39.2 Å². The van der Waals surface area contributed by atoms with Crippen LogP contribution in [-0.2, 0) is 9.53 Å². The quantitative estimate of drug-likeness (QED) is 0.620. The van der Waals surface area contributed by atoms with E-state index in [0.717, 1.165) is 16.9 Å². The molecule has 1 amide bonds.